The van der Waals surface area contributed by atoms with Gasteiger partial charge in [0.05, 0.1) is 6.61 Å². The molecular formula is C9H16O3. The number of methoxy groups -OCH3 is 1. The highest BCUT2D eigenvalue weighted by atomic mass is 16.5. The fraction of sp³-hybridized carbons (Fsp3) is 0.667. The Labute approximate surface area is 73.4 Å². The lowest BCUT2D eigenvalue weighted by Gasteiger charge is -2.02. The number of rotatable bonds is 7. The maximum atomic E-state index is 10.8. The predicted molar refractivity (Wildman–Crippen MR) is 47.1 cm³/mol. The van der Waals surface area contributed by atoms with Crippen LogP contribution in [0.25, 0.3) is 0 Å². The molecule has 0 saturated heterocycles. The van der Waals surface area contributed by atoms with Crippen LogP contribution in [0.3, 0.4) is 0 Å². The molecule has 3 heteroatoms. The van der Waals surface area contributed by atoms with Gasteiger partial charge in [-0.1, -0.05) is 5.57 Å². The molecule has 0 fully saturated rings. The normalized spacial score (nSPS) is 9.83. The van der Waals surface area contributed by atoms with Gasteiger partial charge in [-0.15, -0.1) is 6.58 Å². The van der Waals surface area contributed by atoms with Gasteiger partial charge in [0, 0.05) is 7.11 Å². The smallest absolute Gasteiger partial charge is 0.183 e. The zero-order chi connectivity index (χ0) is 9.40. The Morgan fingerprint density at radius 2 is 2.08 bits per heavy atom. The fourth-order valence-corrected chi connectivity index (χ4v) is 0.635. The molecular weight excluding hydrogens is 156 g/mol. The summed E-state index contributed by atoms with van der Waals surface area (Å²) in [5, 5.41) is 0. The molecule has 12 heavy (non-hydrogen) atoms. The first kappa shape index (κ1) is 11.3. The number of hydrogen-bond acceptors (Lipinski definition) is 3. The maximum absolute atomic E-state index is 10.8. The minimum absolute atomic E-state index is 0.0285. The third-order valence-electron chi connectivity index (χ3n) is 1.24. The second-order valence-corrected chi connectivity index (χ2v) is 2.73. The van der Waals surface area contributed by atoms with Crippen molar-refractivity contribution in [2.24, 2.45) is 0 Å². The van der Waals surface area contributed by atoms with E-state index in [4.69, 9.17) is 4.74 Å². The first-order chi connectivity index (χ1) is 5.66. The molecule has 0 unspecified atom stereocenters. The highest BCUT2D eigenvalue weighted by Crippen LogP contribution is 1.94. The SMILES string of the molecule is C=C(C)CCOCC(=O)COC. The van der Waals surface area contributed by atoms with E-state index >= 15 is 0 Å². The van der Waals surface area contributed by atoms with Crippen molar-refractivity contribution in [3.05, 3.63) is 12.2 Å². The molecule has 0 aromatic carbocycles. The zero-order valence-electron chi connectivity index (χ0n) is 7.76. The van der Waals surface area contributed by atoms with E-state index in [9.17, 15) is 4.79 Å². The van der Waals surface area contributed by atoms with E-state index in [1.54, 1.807) is 0 Å². The first-order valence-corrected chi connectivity index (χ1v) is 3.89. The molecule has 3 nitrogen and oxygen atoms in total. The van der Waals surface area contributed by atoms with Crippen molar-refractivity contribution >= 4 is 5.78 Å². The van der Waals surface area contributed by atoms with Gasteiger partial charge >= 0.3 is 0 Å². The molecule has 0 radical (unpaired) electrons. The summed E-state index contributed by atoms with van der Waals surface area (Å²) < 4.78 is 9.70. The molecule has 0 heterocycles. The van der Waals surface area contributed by atoms with Crippen LogP contribution in [0.1, 0.15) is 13.3 Å². The highest BCUT2D eigenvalue weighted by molar-refractivity contribution is 5.80. The molecule has 0 bridgehead atoms. The van der Waals surface area contributed by atoms with Gasteiger partial charge in [-0.3, -0.25) is 4.79 Å². The average Bonchev–Trinajstić information content (AvgIpc) is 1.98. The quantitative estimate of drug-likeness (QED) is 0.427. The number of ether oxygens (including phenoxy) is 2. The molecule has 70 valence electrons. The Bertz CT molecular complexity index is 152. The topological polar surface area (TPSA) is 35.5 Å². The lowest BCUT2D eigenvalue weighted by atomic mass is 10.3. The number of ketones is 1. The van der Waals surface area contributed by atoms with Gasteiger partial charge < -0.3 is 9.47 Å². The zero-order valence-corrected chi connectivity index (χ0v) is 7.76. The molecule has 0 aliphatic rings. The van der Waals surface area contributed by atoms with Crippen molar-refractivity contribution in [1.82, 2.24) is 0 Å². The van der Waals surface area contributed by atoms with Crippen LogP contribution < -0.4 is 0 Å². The van der Waals surface area contributed by atoms with Crippen LogP contribution in [0.5, 0.6) is 0 Å². The van der Waals surface area contributed by atoms with Crippen molar-refractivity contribution in [3.8, 4) is 0 Å². The van der Waals surface area contributed by atoms with Gasteiger partial charge in [-0.25, -0.2) is 0 Å². The monoisotopic (exact) mass is 172 g/mol. The van der Waals surface area contributed by atoms with Crippen LogP contribution >= 0.6 is 0 Å². The van der Waals surface area contributed by atoms with Crippen LogP contribution in [0, 0.1) is 0 Å². The standard InChI is InChI=1S/C9H16O3/c1-8(2)4-5-12-7-9(10)6-11-3/h1,4-7H2,2-3H3. The Kier molecular flexibility index (Phi) is 6.61. The Hall–Kier alpha value is -0.670. The minimum atomic E-state index is -0.0285. The summed E-state index contributed by atoms with van der Waals surface area (Å²) in [7, 11) is 1.49. The average molecular weight is 172 g/mol. The lowest BCUT2D eigenvalue weighted by molar-refractivity contribution is -0.127. The van der Waals surface area contributed by atoms with Crippen molar-refractivity contribution in [3.63, 3.8) is 0 Å². The Balaban J connectivity index is 3.19. The van der Waals surface area contributed by atoms with Gasteiger partial charge in [0.25, 0.3) is 0 Å². The number of carbonyl (C=O) groups excluding carboxylic acids is 1. The summed E-state index contributed by atoms with van der Waals surface area (Å²) in [4.78, 5) is 10.8. The Morgan fingerprint density at radius 3 is 2.58 bits per heavy atom. The molecule has 0 amide bonds. The van der Waals surface area contributed by atoms with Gasteiger partial charge in [-0.2, -0.15) is 0 Å². The summed E-state index contributed by atoms with van der Waals surface area (Å²) >= 11 is 0. The third kappa shape index (κ3) is 7.44. The summed E-state index contributed by atoms with van der Waals surface area (Å²) in [5.41, 5.74) is 1.06. The van der Waals surface area contributed by atoms with Crippen LogP contribution in [-0.2, 0) is 14.3 Å². The molecule has 0 spiro atoms. The van der Waals surface area contributed by atoms with Crippen molar-refractivity contribution in [2.75, 3.05) is 26.9 Å². The van der Waals surface area contributed by atoms with E-state index in [-0.39, 0.29) is 19.0 Å². The van der Waals surface area contributed by atoms with E-state index in [0.29, 0.717) is 6.61 Å². The van der Waals surface area contributed by atoms with Crippen LogP contribution in [0.2, 0.25) is 0 Å². The van der Waals surface area contributed by atoms with Gasteiger partial charge in [0.15, 0.2) is 5.78 Å². The number of Topliss-reactive ketones (excluding diaryl/α,β-unsaturated/α-hetero) is 1. The molecule has 0 aliphatic carbocycles. The van der Waals surface area contributed by atoms with E-state index in [0.717, 1.165) is 12.0 Å². The molecule has 0 atom stereocenters. The fourth-order valence-electron chi connectivity index (χ4n) is 0.635. The van der Waals surface area contributed by atoms with Gasteiger partial charge in [-0.05, 0) is 13.3 Å². The largest absolute Gasteiger partial charge is 0.377 e. The predicted octanol–water partition coefficient (Wildman–Crippen LogP) is 1.18. The third-order valence-corrected chi connectivity index (χ3v) is 1.24. The van der Waals surface area contributed by atoms with Crippen LogP contribution in [-0.4, -0.2) is 32.7 Å². The molecule has 0 saturated carbocycles. The minimum Gasteiger partial charge on any atom is -0.377 e. The van der Waals surface area contributed by atoms with Crippen molar-refractivity contribution < 1.29 is 14.3 Å². The lowest BCUT2D eigenvalue weighted by Crippen LogP contribution is -2.14. The van der Waals surface area contributed by atoms with Gasteiger partial charge in [0.1, 0.15) is 13.2 Å². The van der Waals surface area contributed by atoms with Gasteiger partial charge in [0.2, 0.25) is 0 Å². The molecule has 0 rings (SSSR count). The number of carbonyl (C=O) groups is 1. The van der Waals surface area contributed by atoms with Crippen molar-refractivity contribution in [2.45, 2.75) is 13.3 Å². The molecule has 0 aromatic rings. The summed E-state index contributed by atoms with van der Waals surface area (Å²) in [5.74, 6) is -0.0285. The van der Waals surface area contributed by atoms with Crippen LogP contribution in [0.4, 0.5) is 0 Å². The second kappa shape index (κ2) is 7.00. The maximum Gasteiger partial charge on any atom is 0.183 e. The van der Waals surface area contributed by atoms with Crippen LogP contribution in [0.15, 0.2) is 12.2 Å². The number of hydrogen-bond donors (Lipinski definition) is 0. The van der Waals surface area contributed by atoms with E-state index in [2.05, 4.69) is 11.3 Å². The molecule has 0 aromatic heterocycles. The summed E-state index contributed by atoms with van der Waals surface area (Å²) in [6, 6.07) is 0. The van der Waals surface area contributed by atoms with E-state index < -0.39 is 0 Å². The van der Waals surface area contributed by atoms with E-state index in [1.807, 2.05) is 6.92 Å². The highest BCUT2D eigenvalue weighted by Gasteiger charge is 1.99. The summed E-state index contributed by atoms with van der Waals surface area (Å²) in [6.45, 7) is 6.48. The summed E-state index contributed by atoms with van der Waals surface area (Å²) in [6.07, 6.45) is 0.806. The van der Waals surface area contributed by atoms with Crippen molar-refractivity contribution in [1.29, 1.82) is 0 Å². The molecule has 0 aliphatic heterocycles. The van der Waals surface area contributed by atoms with E-state index in [1.165, 1.54) is 7.11 Å². The Morgan fingerprint density at radius 1 is 1.42 bits per heavy atom. The first-order valence-electron chi connectivity index (χ1n) is 3.89. The molecule has 0 N–H and O–H groups in total. The second-order valence-electron chi connectivity index (χ2n) is 2.73.